The van der Waals surface area contributed by atoms with Crippen molar-refractivity contribution in [3.05, 3.63) is 28.8 Å². The fourth-order valence-corrected chi connectivity index (χ4v) is 3.26. The van der Waals surface area contributed by atoms with E-state index in [0.29, 0.717) is 28.6 Å². The Balaban J connectivity index is 2.27. The van der Waals surface area contributed by atoms with E-state index in [1.807, 2.05) is 0 Å². The summed E-state index contributed by atoms with van der Waals surface area (Å²) in [6.07, 6.45) is 0. The van der Waals surface area contributed by atoms with Gasteiger partial charge in [-0.05, 0) is 30.7 Å². The maximum Gasteiger partial charge on any atom is 0.241 e. The van der Waals surface area contributed by atoms with Crippen molar-refractivity contribution in [3.63, 3.8) is 0 Å². The highest BCUT2D eigenvalue weighted by molar-refractivity contribution is 7.89. The van der Waals surface area contributed by atoms with Crippen molar-refractivity contribution in [3.8, 4) is 0 Å². The summed E-state index contributed by atoms with van der Waals surface area (Å²) >= 11 is 5.79. The highest BCUT2D eigenvalue weighted by Crippen LogP contribution is 2.19. The fraction of sp³-hybridized carbons (Fsp3) is 0.400. The maximum absolute atomic E-state index is 12.0. The molecule has 0 amide bonds. The number of benzene rings is 1. The summed E-state index contributed by atoms with van der Waals surface area (Å²) in [6.45, 7) is 3.11. The Labute approximate surface area is 100 Å². The molecule has 1 fully saturated rings. The first kappa shape index (κ1) is 11.9. The van der Waals surface area contributed by atoms with Crippen LogP contribution in [-0.4, -0.2) is 27.5 Å². The van der Waals surface area contributed by atoms with Crippen LogP contribution in [0.3, 0.4) is 0 Å². The number of aryl methyl sites for hydroxylation is 1. The molecule has 0 spiro atoms. The predicted molar refractivity (Wildman–Crippen MR) is 63.2 cm³/mol. The lowest BCUT2D eigenvalue weighted by atomic mass is 10.2. The summed E-state index contributed by atoms with van der Waals surface area (Å²) in [4.78, 5) is 0.295. The minimum Gasteiger partial charge on any atom is -0.313 e. The Kier molecular flexibility index (Phi) is 3.21. The van der Waals surface area contributed by atoms with Crippen LogP contribution in [0.1, 0.15) is 5.56 Å². The highest BCUT2D eigenvalue weighted by atomic mass is 35.5. The lowest BCUT2D eigenvalue weighted by molar-refractivity contribution is 0.410. The van der Waals surface area contributed by atoms with Gasteiger partial charge in [-0.3, -0.25) is 0 Å². The molecule has 0 radical (unpaired) electrons. The van der Waals surface area contributed by atoms with Gasteiger partial charge in [-0.1, -0.05) is 11.6 Å². The molecule has 0 aliphatic carbocycles. The smallest absolute Gasteiger partial charge is 0.241 e. The lowest BCUT2D eigenvalue weighted by Gasteiger charge is -2.27. The van der Waals surface area contributed by atoms with Gasteiger partial charge in [-0.25, -0.2) is 13.1 Å². The summed E-state index contributed by atoms with van der Waals surface area (Å²) in [5, 5.41) is 3.55. The van der Waals surface area contributed by atoms with E-state index >= 15 is 0 Å². The van der Waals surface area contributed by atoms with Crippen molar-refractivity contribution in [2.24, 2.45) is 0 Å². The summed E-state index contributed by atoms with van der Waals surface area (Å²) in [5.41, 5.74) is 0.660. The normalized spacial score (nSPS) is 17.1. The zero-order chi connectivity index (χ0) is 11.8. The Morgan fingerprint density at radius 1 is 1.44 bits per heavy atom. The first-order valence-electron chi connectivity index (χ1n) is 4.98. The second-order valence-corrected chi connectivity index (χ2v) is 6.01. The second-order valence-electron chi connectivity index (χ2n) is 3.89. The van der Waals surface area contributed by atoms with E-state index in [0.717, 1.165) is 0 Å². The molecular weight excluding hydrogens is 248 g/mol. The molecule has 1 aliphatic heterocycles. The summed E-state index contributed by atoms with van der Waals surface area (Å²) in [6, 6.07) is 4.77. The van der Waals surface area contributed by atoms with Crippen LogP contribution in [0, 0.1) is 6.92 Å². The monoisotopic (exact) mass is 260 g/mol. The Hall–Kier alpha value is -0.620. The molecule has 0 unspecified atom stereocenters. The van der Waals surface area contributed by atoms with Gasteiger partial charge < -0.3 is 5.32 Å². The van der Waals surface area contributed by atoms with E-state index in [-0.39, 0.29) is 6.04 Å². The first-order valence-corrected chi connectivity index (χ1v) is 6.84. The zero-order valence-electron chi connectivity index (χ0n) is 8.83. The molecule has 0 bridgehead atoms. The molecule has 2 rings (SSSR count). The van der Waals surface area contributed by atoms with Crippen LogP contribution in [0.15, 0.2) is 23.1 Å². The Morgan fingerprint density at radius 2 is 2.12 bits per heavy atom. The third-order valence-corrected chi connectivity index (χ3v) is 4.45. The largest absolute Gasteiger partial charge is 0.313 e. The zero-order valence-corrected chi connectivity index (χ0v) is 10.4. The highest BCUT2D eigenvalue weighted by Gasteiger charge is 2.25. The molecule has 0 atom stereocenters. The number of hydrogen-bond donors (Lipinski definition) is 2. The molecule has 6 heteroatoms. The van der Waals surface area contributed by atoms with E-state index in [4.69, 9.17) is 11.6 Å². The summed E-state index contributed by atoms with van der Waals surface area (Å²) in [7, 11) is -3.42. The average Bonchev–Trinajstić information content (AvgIpc) is 2.11. The van der Waals surface area contributed by atoms with Crippen LogP contribution >= 0.6 is 11.6 Å². The van der Waals surface area contributed by atoms with Gasteiger partial charge in [-0.2, -0.15) is 0 Å². The van der Waals surface area contributed by atoms with Crippen LogP contribution in [0.4, 0.5) is 0 Å². The van der Waals surface area contributed by atoms with E-state index in [2.05, 4.69) is 10.0 Å². The van der Waals surface area contributed by atoms with Gasteiger partial charge in [0.25, 0.3) is 0 Å². The number of hydrogen-bond acceptors (Lipinski definition) is 3. The van der Waals surface area contributed by atoms with Crippen molar-refractivity contribution in [1.82, 2.24) is 10.0 Å². The summed E-state index contributed by atoms with van der Waals surface area (Å²) in [5.74, 6) is 0. The van der Waals surface area contributed by atoms with Gasteiger partial charge in [-0.15, -0.1) is 0 Å². The topological polar surface area (TPSA) is 58.2 Å². The molecule has 1 heterocycles. The van der Waals surface area contributed by atoms with Gasteiger partial charge in [0.1, 0.15) is 0 Å². The van der Waals surface area contributed by atoms with Gasteiger partial charge in [0.15, 0.2) is 0 Å². The van der Waals surface area contributed by atoms with Crippen molar-refractivity contribution in [1.29, 1.82) is 0 Å². The van der Waals surface area contributed by atoms with Crippen LogP contribution in [0.25, 0.3) is 0 Å². The minimum atomic E-state index is -3.42. The second kappa shape index (κ2) is 4.33. The average molecular weight is 261 g/mol. The third kappa shape index (κ3) is 2.38. The van der Waals surface area contributed by atoms with Gasteiger partial charge in [0.2, 0.25) is 10.0 Å². The number of halogens is 1. The Bertz CT molecular complexity index is 498. The van der Waals surface area contributed by atoms with Crippen molar-refractivity contribution in [2.75, 3.05) is 13.1 Å². The minimum absolute atomic E-state index is 0.0000723. The van der Waals surface area contributed by atoms with Crippen molar-refractivity contribution in [2.45, 2.75) is 17.9 Å². The molecule has 88 valence electrons. The maximum atomic E-state index is 12.0. The molecule has 4 nitrogen and oxygen atoms in total. The molecule has 1 aliphatic rings. The summed E-state index contributed by atoms with van der Waals surface area (Å²) < 4.78 is 26.6. The van der Waals surface area contributed by atoms with E-state index < -0.39 is 10.0 Å². The predicted octanol–water partition coefficient (Wildman–Crippen LogP) is 0.899. The van der Waals surface area contributed by atoms with Gasteiger partial charge in [0, 0.05) is 24.2 Å². The molecule has 0 saturated carbocycles. The number of sulfonamides is 1. The van der Waals surface area contributed by atoms with Crippen molar-refractivity contribution < 1.29 is 8.42 Å². The fourth-order valence-electron chi connectivity index (χ4n) is 1.57. The molecule has 1 saturated heterocycles. The first-order chi connectivity index (χ1) is 7.49. The van der Waals surface area contributed by atoms with E-state index in [9.17, 15) is 8.42 Å². The lowest BCUT2D eigenvalue weighted by Crippen LogP contribution is -2.56. The van der Waals surface area contributed by atoms with Gasteiger partial charge >= 0.3 is 0 Å². The molecule has 2 N–H and O–H groups in total. The number of nitrogens with one attached hydrogen (secondary N) is 2. The van der Waals surface area contributed by atoms with E-state index in [1.165, 1.54) is 6.07 Å². The molecule has 16 heavy (non-hydrogen) atoms. The SMILES string of the molecule is Cc1cc(Cl)ccc1S(=O)(=O)NC1CNC1. The number of rotatable bonds is 3. The van der Waals surface area contributed by atoms with Crippen molar-refractivity contribution >= 4 is 21.6 Å². The van der Waals surface area contributed by atoms with Crippen LogP contribution in [0.2, 0.25) is 5.02 Å². The van der Waals surface area contributed by atoms with Crippen LogP contribution in [0.5, 0.6) is 0 Å². The van der Waals surface area contributed by atoms with E-state index in [1.54, 1.807) is 19.1 Å². The standard InChI is InChI=1S/C10H13ClN2O2S/c1-7-4-8(11)2-3-10(7)16(14,15)13-9-5-12-6-9/h2-4,9,12-13H,5-6H2,1H3. The van der Waals surface area contributed by atoms with Gasteiger partial charge in [0.05, 0.1) is 4.90 Å². The quantitative estimate of drug-likeness (QED) is 0.849. The van der Waals surface area contributed by atoms with Crippen LogP contribution in [-0.2, 0) is 10.0 Å². The molecule has 0 aromatic heterocycles. The molecule has 1 aromatic carbocycles. The van der Waals surface area contributed by atoms with Crippen LogP contribution < -0.4 is 10.0 Å². The molecular formula is C10H13ClN2O2S. The Morgan fingerprint density at radius 3 is 2.62 bits per heavy atom. The third-order valence-electron chi connectivity index (χ3n) is 2.53. The molecule has 1 aromatic rings.